The summed E-state index contributed by atoms with van der Waals surface area (Å²) in [6, 6.07) is 7.73. The van der Waals surface area contributed by atoms with Crippen LogP contribution >= 0.6 is 11.6 Å². The van der Waals surface area contributed by atoms with E-state index in [1.165, 1.54) is 0 Å². The van der Waals surface area contributed by atoms with Crippen LogP contribution in [0.2, 0.25) is 5.15 Å². The van der Waals surface area contributed by atoms with E-state index in [1.807, 2.05) is 35.9 Å². The highest BCUT2D eigenvalue weighted by molar-refractivity contribution is 6.29. The summed E-state index contributed by atoms with van der Waals surface area (Å²) < 4.78 is 1.82. The number of fused-ring (bicyclic) bond motifs is 1. The Labute approximate surface area is 127 Å². The van der Waals surface area contributed by atoms with Crippen molar-refractivity contribution < 1.29 is 9.90 Å². The average Bonchev–Trinajstić information content (AvgIpc) is 2.78. The molecule has 21 heavy (non-hydrogen) atoms. The number of carbonyl (C=O) groups is 1. The van der Waals surface area contributed by atoms with Crippen LogP contribution in [0.5, 0.6) is 0 Å². The number of aliphatic carboxylic acids is 1. The Balaban J connectivity index is 1.86. The lowest BCUT2D eigenvalue weighted by atomic mass is 9.90. The molecule has 3 rings (SSSR count). The molecule has 1 aliphatic rings. The Bertz CT molecular complexity index is 683. The van der Waals surface area contributed by atoms with E-state index in [2.05, 4.69) is 9.88 Å². The summed E-state index contributed by atoms with van der Waals surface area (Å²) in [6.45, 7) is 1.79. The molecule has 1 unspecified atom stereocenters. The fourth-order valence-electron chi connectivity index (χ4n) is 2.78. The second-order valence-electron chi connectivity index (χ2n) is 5.32. The van der Waals surface area contributed by atoms with E-state index < -0.39 is 11.9 Å². The minimum absolute atomic E-state index is 0.483. The number of carboxylic acids is 1. The first-order valence-electron chi connectivity index (χ1n) is 6.75. The minimum Gasteiger partial charge on any atom is -0.481 e. The quantitative estimate of drug-likeness (QED) is 0.945. The second-order valence-corrected chi connectivity index (χ2v) is 5.70. The molecule has 5 nitrogen and oxygen atoms in total. The Kier molecular flexibility index (Phi) is 3.69. The fourth-order valence-corrected chi connectivity index (χ4v) is 2.93. The lowest BCUT2D eigenvalue weighted by Crippen LogP contribution is -2.36. The summed E-state index contributed by atoms with van der Waals surface area (Å²) in [6.07, 6.45) is 1.61. The highest BCUT2D eigenvalue weighted by Gasteiger charge is 2.30. The largest absolute Gasteiger partial charge is 0.481 e. The Hall–Kier alpha value is -1.85. The van der Waals surface area contributed by atoms with Gasteiger partial charge < -0.3 is 9.67 Å². The molecule has 1 aliphatic heterocycles. The summed E-state index contributed by atoms with van der Waals surface area (Å²) in [4.78, 5) is 17.9. The van der Waals surface area contributed by atoms with E-state index in [0.29, 0.717) is 18.2 Å². The maximum atomic E-state index is 11.5. The number of imidazole rings is 1. The monoisotopic (exact) mass is 305 g/mol. The van der Waals surface area contributed by atoms with Crippen LogP contribution in [0.25, 0.3) is 0 Å². The highest BCUT2D eigenvalue weighted by Crippen LogP contribution is 2.29. The van der Waals surface area contributed by atoms with E-state index in [9.17, 15) is 9.90 Å². The van der Waals surface area contributed by atoms with Gasteiger partial charge in [-0.1, -0.05) is 35.9 Å². The van der Waals surface area contributed by atoms with Gasteiger partial charge in [-0.25, -0.2) is 4.98 Å². The van der Waals surface area contributed by atoms with Crippen LogP contribution in [0.15, 0.2) is 30.5 Å². The van der Waals surface area contributed by atoms with Crippen LogP contribution in [-0.4, -0.2) is 32.1 Å². The second kappa shape index (κ2) is 5.50. The first-order valence-corrected chi connectivity index (χ1v) is 7.13. The van der Waals surface area contributed by atoms with E-state index in [1.54, 1.807) is 6.20 Å². The molecule has 0 saturated carbocycles. The number of benzene rings is 1. The summed E-state index contributed by atoms with van der Waals surface area (Å²) >= 11 is 6.00. The van der Waals surface area contributed by atoms with Gasteiger partial charge in [0.25, 0.3) is 0 Å². The SMILES string of the molecule is Cn1c(Cl)cnc1CN1Cc2ccccc2C(C(=O)O)C1. The molecule has 1 aromatic carbocycles. The molecule has 0 amide bonds. The Morgan fingerprint density at radius 1 is 1.48 bits per heavy atom. The molecule has 0 fully saturated rings. The molecule has 2 heterocycles. The first-order chi connectivity index (χ1) is 10.1. The van der Waals surface area contributed by atoms with Gasteiger partial charge in [0.2, 0.25) is 0 Å². The smallest absolute Gasteiger partial charge is 0.312 e. The number of halogens is 1. The first kappa shape index (κ1) is 14.1. The molecule has 0 saturated heterocycles. The molecule has 1 atom stereocenters. The maximum absolute atomic E-state index is 11.5. The van der Waals surface area contributed by atoms with Crippen molar-refractivity contribution in [3.8, 4) is 0 Å². The third-order valence-corrected chi connectivity index (χ3v) is 4.31. The van der Waals surface area contributed by atoms with Gasteiger partial charge in [0, 0.05) is 20.1 Å². The Morgan fingerprint density at radius 3 is 2.90 bits per heavy atom. The molecular formula is C15H16ClN3O2. The van der Waals surface area contributed by atoms with Gasteiger partial charge in [-0.15, -0.1) is 0 Å². The van der Waals surface area contributed by atoms with Crippen molar-refractivity contribution in [1.82, 2.24) is 14.5 Å². The van der Waals surface area contributed by atoms with Gasteiger partial charge in [0.1, 0.15) is 11.0 Å². The van der Waals surface area contributed by atoms with Crippen LogP contribution in [0.3, 0.4) is 0 Å². The standard InChI is InChI=1S/C15H16ClN3O2/c1-18-13(16)6-17-14(18)9-19-7-10-4-2-3-5-11(10)12(8-19)15(20)21/h2-6,12H,7-9H2,1H3,(H,20,21). The highest BCUT2D eigenvalue weighted by atomic mass is 35.5. The molecule has 0 radical (unpaired) electrons. The lowest BCUT2D eigenvalue weighted by Gasteiger charge is -2.32. The zero-order chi connectivity index (χ0) is 15.0. The van der Waals surface area contributed by atoms with Crippen molar-refractivity contribution in [2.45, 2.75) is 19.0 Å². The summed E-state index contributed by atoms with van der Waals surface area (Å²) in [7, 11) is 1.86. The molecule has 0 bridgehead atoms. The van der Waals surface area contributed by atoms with Crippen molar-refractivity contribution in [3.63, 3.8) is 0 Å². The van der Waals surface area contributed by atoms with Crippen LogP contribution in [0.1, 0.15) is 22.9 Å². The summed E-state index contributed by atoms with van der Waals surface area (Å²) in [5.41, 5.74) is 1.98. The van der Waals surface area contributed by atoms with Gasteiger partial charge in [0.15, 0.2) is 0 Å². The van der Waals surface area contributed by atoms with E-state index >= 15 is 0 Å². The predicted octanol–water partition coefficient (Wildman–Crippen LogP) is 2.26. The molecule has 6 heteroatoms. The lowest BCUT2D eigenvalue weighted by molar-refractivity contribution is -0.139. The molecule has 1 N–H and O–H groups in total. The summed E-state index contributed by atoms with van der Waals surface area (Å²) in [5, 5.41) is 10.0. The maximum Gasteiger partial charge on any atom is 0.312 e. The molecular weight excluding hydrogens is 290 g/mol. The van der Waals surface area contributed by atoms with Crippen molar-refractivity contribution in [1.29, 1.82) is 0 Å². The third kappa shape index (κ3) is 2.66. The number of rotatable bonds is 3. The number of aromatic nitrogens is 2. The van der Waals surface area contributed by atoms with Crippen LogP contribution in [-0.2, 0) is 24.9 Å². The molecule has 1 aromatic heterocycles. The van der Waals surface area contributed by atoms with Crippen LogP contribution in [0.4, 0.5) is 0 Å². The van der Waals surface area contributed by atoms with Gasteiger partial charge in [0.05, 0.1) is 18.7 Å². The number of carboxylic acid groups (broad SMARTS) is 1. The van der Waals surface area contributed by atoms with Crippen molar-refractivity contribution in [3.05, 3.63) is 52.6 Å². The van der Waals surface area contributed by atoms with Crippen LogP contribution < -0.4 is 0 Å². The predicted molar refractivity (Wildman–Crippen MR) is 79.2 cm³/mol. The normalized spacial score (nSPS) is 18.5. The number of nitrogens with zero attached hydrogens (tertiary/aromatic N) is 3. The average molecular weight is 306 g/mol. The molecule has 110 valence electrons. The van der Waals surface area contributed by atoms with Crippen molar-refractivity contribution in [2.24, 2.45) is 7.05 Å². The van der Waals surface area contributed by atoms with Gasteiger partial charge in [-0.2, -0.15) is 0 Å². The van der Waals surface area contributed by atoms with E-state index in [0.717, 1.165) is 23.5 Å². The topological polar surface area (TPSA) is 58.4 Å². The number of hydrogen-bond acceptors (Lipinski definition) is 3. The zero-order valence-electron chi connectivity index (χ0n) is 11.7. The minimum atomic E-state index is -0.787. The fraction of sp³-hybridized carbons (Fsp3) is 0.333. The van der Waals surface area contributed by atoms with Gasteiger partial charge in [-0.3, -0.25) is 9.69 Å². The van der Waals surface area contributed by atoms with Crippen LogP contribution in [0, 0.1) is 0 Å². The van der Waals surface area contributed by atoms with E-state index in [-0.39, 0.29) is 0 Å². The zero-order valence-corrected chi connectivity index (χ0v) is 12.4. The third-order valence-electron chi connectivity index (χ3n) is 3.96. The van der Waals surface area contributed by atoms with Gasteiger partial charge >= 0.3 is 5.97 Å². The number of hydrogen-bond donors (Lipinski definition) is 1. The van der Waals surface area contributed by atoms with Crippen molar-refractivity contribution >= 4 is 17.6 Å². The molecule has 0 spiro atoms. The van der Waals surface area contributed by atoms with E-state index in [4.69, 9.17) is 11.6 Å². The van der Waals surface area contributed by atoms with Crippen molar-refractivity contribution in [2.75, 3.05) is 6.54 Å². The summed E-state index contributed by atoms with van der Waals surface area (Å²) in [5.74, 6) is -0.445. The molecule has 0 aliphatic carbocycles. The molecule has 2 aromatic rings. The van der Waals surface area contributed by atoms with Gasteiger partial charge in [-0.05, 0) is 11.1 Å². The Morgan fingerprint density at radius 2 is 2.24 bits per heavy atom.